The van der Waals surface area contributed by atoms with E-state index in [2.05, 4.69) is 0 Å². The van der Waals surface area contributed by atoms with Gasteiger partial charge in [0.1, 0.15) is 8.42 Å². The molecule has 0 saturated carbocycles. The second-order valence-corrected chi connectivity index (χ2v) is 4.17. The summed E-state index contributed by atoms with van der Waals surface area (Å²) in [6.45, 7) is -1.44. The van der Waals surface area contributed by atoms with Crippen LogP contribution in [0.25, 0.3) is 11.3 Å². The van der Waals surface area contributed by atoms with Gasteiger partial charge in [-0.15, -0.1) is 0 Å². The molecule has 2 aromatic rings. The van der Waals surface area contributed by atoms with Gasteiger partial charge in [0.05, 0.1) is 1.37 Å². The molecule has 0 fully saturated rings. The van der Waals surface area contributed by atoms with E-state index in [9.17, 15) is 0 Å². The Morgan fingerprint density at radius 2 is 1.94 bits per heavy atom. The lowest BCUT2D eigenvalue weighted by Gasteiger charge is -2.07. The van der Waals surface area contributed by atoms with Crippen LogP contribution in [0.15, 0.2) is 30.4 Å². The predicted octanol–water partition coefficient (Wildman–Crippen LogP) is 3.41. The monoisotopic (exact) mass is 234 g/mol. The molecule has 17 heavy (non-hydrogen) atoms. The number of aryl methyl sites for hydroxylation is 2. The van der Waals surface area contributed by atoms with Crippen molar-refractivity contribution in [2.24, 2.45) is 7.05 Å². The predicted molar refractivity (Wildman–Crippen MR) is 72.0 cm³/mol. The topological polar surface area (TPSA) is 3.88 Å². The number of hydrogen-bond acceptors (Lipinski definition) is 0. The summed E-state index contributed by atoms with van der Waals surface area (Å²) in [5.41, 5.74) is 1.94. The van der Waals surface area contributed by atoms with E-state index < -0.39 is 13.7 Å². The Morgan fingerprint density at radius 3 is 2.59 bits per heavy atom. The molecule has 0 atom stereocenters. The van der Waals surface area contributed by atoms with Crippen molar-refractivity contribution < 1.29 is 15.5 Å². The quantitative estimate of drug-likeness (QED) is 0.666. The fourth-order valence-corrected chi connectivity index (χ4v) is 1.81. The Balaban J connectivity index is 2.78. The molecular weight excluding hydrogens is 206 g/mol. The lowest BCUT2D eigenvalue weighted by molar-refractivity contribution is -0.660. The summed E-state index contributed by atoms with van der Waals surface area (Å²) in [5, 5.41) is 0. The number of rotatable bonds is 1. The third-order valence-corrected chi connectivity index (χ3v) is 2.78. The lowest BCUT2D eigenvalue weighted by Crippen LogP contribution is -2.31. The van der Waals surface area contributed by atoms with Crippen molar-refractivity contribution in [1.29, 1.82) is 0 Å². The van der Waals surface area contributed by atoms with Gasteiger partial charge in [-0.2, -0.15) is 0 Å². The Labute approximate surface area is 115 Å². The van der Waals surface area contributed by atoms with Gasteiger partial charge in [0.2, 0.25) is 5.69 Å². The molecule has 88 valence electrons. The molecule has 1 heterocycles. The van der Waals surface area contributed by atoms with Crippen LogP contribution in [0, 0.1) is 27.6 Å². The van der Waals surface area contributed by atoms with Crippen LogP contribution in [-0.4, -0.2) is 0 Å². The summed E-state index contributed by atoms with van der Waals surface area (Å²) in [7, 11) is 1.54. The Morgan fingerprint density at radius 1 is 1.12 bits per heavy atom. The van der Waals surface area contributed by atoms with Gasteiger partial charge in [0.15, 0.2) is 6.17 Å². The SMILES string of the molecule is [2H]c1c(C)c(C([2H])([2H])[2H])c([2H])[n+](C)c1-c1ccc(C([2H])([2H])[2H])cc1C. The van der Waals surface area contributed by atoms with Gasteiger partial charge in [-0.25, -0.2) is 4.57 Å². The molecule has 0 aliphatic heterocycles. The van der Waals surface area contributed by atoms with Gasteiger partial charge < -0.3 is 0 Å². The third-order valence-electron chi connectivity index (χ3n) is 2.78. The van der Waals surface area contributed by atoms with Crippen LogP contribution in [0.5, 0.6) is 0 Å². The molecule has 1 aromatic heterocycles. The van der Waals surface area contributed by atoms with Crippen LogP contribution in [0.4, 0.5) is 0 Å². The highest BCUT2D eigenvalue weighted by Crippen LogP contribution is 2.22. The van der Waals surface area contributed by atoms with Crippen molar-refractivity contribution in [2.45, 2.75) is 27.6 Å². The molecule has 2 rings (SSSR count). The van der Waals surface area contributed by atoms with Gasteiger partial charge >= 0.3 is 0 Å². The molecule has 0 unspecified atom stereocenters. The van der Waals surface area contributed by atoms with E-state index in [4.69, 9.17) is 11.0 Å². The largest absolute Gasteiger partial charge is 0.212 e. The van der Waals surface area contributed by atoms with Crippen molar-refractivity contribution in [3.63, 3.8) is 0 Å². The molecule has 0 N–H and O–H groups in total. The molecule has 0 aliphatic carbocycles. The van der Waals surface area contributed by atoms with Crippen LogP contribution >= 0.6 is 0 Å². The van der Waals surface area contributed by atoms with Crippen LogP contribution in [0.1, 0.15) is 33.2 Å². The molecule has 0 aliphatic rings. The number of benzene rings is 1. The van der Waals surface area contributed by atoms with E-state index in [0.717, 1.165) is 0 Å². The van der Waals surface area contributed by atoms with Crippen molar-refractivity contribution in [3.05, 3.63) is 52.7 Å². The second-order valence-electron chi connectivity index (χ2n) is 4.17. The van der Waals surface area contributed by atoms with Crippen LogP contribution < -0.4 is 4.57 Å². The van der Waals surface area contributed by atoms with Crippen molar-refractivity contribution in [1.82, 2.24) is 0 Å². The summed E-state index contributed by atoms with van der Waals surface area (Å²) in [5.74, 6) is 0. The second kappa shape index (κ2) is 4.33. The Hall–Kier alpha value is -1.63. The standard InChI is InChI=1S/C16H20N/c1-11-6-7-15(13(3)8-11)16-9-12(2)14(4)10-17(16)5/h6-10H,1-5H3/q+1/i1D3,4D3,9D,10D. The third kappa shape index (κ3) is 2.23. The highest BCUT2D eigenvalue weighted by atomic mass is 14.9. The van der Waals surface area contributed by atoms with Crippen molar-refractivity contribution in [2.75, 3.05) is 0 Å². The van der Waals surface area contributed by atoms with Crippen LogP contribution in [0.3, 0.4) is 0 Å². The van der Waals surface area contributed by atoms with Crippen molar-refractivity contribution in [3.8, 4) is 11.3 Å². The van der Waals surface area contributed by atoms with Gasteiger partial charge in [0.25, 0.3) is 0 Å². The first-order valence-electron chi connectivity index (χ1n) is 9.38. The summed E-state index contributed by atoms with van der Waals surface area (Å²) in [4.78, 5) is 0. The zero-order valence-corrected chi connectivity index (χ0v) is 10.2. The van der Waals surface area contributed by atoms with E-state index in [1.54, 1.807) is 26.1 Å². The summed E-state index contributed by atoms with van der Waals surface area (Å²) in [6, 6.07) is 4.65. The molecule has 1 aromatic carbocycles. The molecule has 0 spiro atoms. The first kappa shape index (κ1) is 5.34. The van der Waals surface area contributed by atoms with Crippen LogP contribution in [-0.2, 0) is 7.05 Å². The highest BCUT2D eigenvalue weighted by molar-refractivity contribution is 5.62. The van der Waals surface area contributed by atoms with Crippen LogP contribution in [0.2, 0.25) is 0 Å². The maximum Gasteiger partial charge on any atom is 0.212 e. The average molecular weight is 234 g/mol. The number of nitrogens with zero attached hydrogens (tertiary/aromatic N) is 1. The molecule has 0 amide bonds. The first-order valence-corrected chi connectivity index (χ1v) is 5.38. The van der Waals surface area contributed by atoms with Gasteiger partial charge in [-0.3, -0.25) is 0 Å². The summed E-state index contributed by atoms with van der Waals surface area (Å²) < 4.78 is 63.3. The Kier molecular flexibility index (Phi) is 1.36. The molecule has 0 saturated heterocycles. The fraction of sp³-hybridized carbons (Fsp3) is 0.312. The molecule has 1 heteroatoms. The Bertz CT molecular complexity index is 804. The van der Waals surface area contributed by atoms with Gasteiger partial charge in [-0.05, 0) is 44.7 Å². The minimum absolute atomic E-state index is 0.0226. The molecule has 0 bridgehead atoms. The smallest absolute Gasteiger partial charge is 0.201 e. The summed E-state index contributed by atoms with van der Waals surface area (Å²) >= 11 is 0. The minimum Gasteiger partial charge on any atom is -0.201 e. The fourth-order valence-electron chi connectivity index (χ4n) is 1.81. The van der Waals surface area contributed by atoms with E-state index >= 15 is 0 Å². The zero-order valence-electron chi connectivity index (χ0n) is 18.2. The normalized spacial score (nSPS) is 19.0. The summed E-state index contributed by atoms with van der Waals surface area (Å²) in [6.07, 6.45) is -0.178. The van der Waals surface area contributed by atoms with Gasteiger partial charge in [-0.1, -0.05) is 17.7 Å². The maximum atomic E-state index is 8.40. The number of pyridine rings is 1. The van der Waals surface area contributed by atoms with E-state index in [1.165, 1.54) is 17.6 Å². The lowest BCUT2D eigenvalue weighted by atomic mass is 10.0. The van der Waals surface area contributed by atoms with E-state index in [1.807, 2.05) is 0 Å². The molecule has 1 nitrogen and oxygen atoms in total. The number of aromatic nitrogens is 1. The maximum absolute atomic E-state index is 8.40. The molecule has 0 radical (unpaired) electrons. The number of hydrogen-bond donors (Lipinski definition) is 0. The van der Waals surface area contributed by atoms with Gasteiger partial charge in [0, 0.05) is 25.4 Å². The van der Waals surface area contributed by atoms with E-state index in [-0.39, 0.29) is 28.9 Å². The average Bonchev–Trinajstić information content (AvgIpc) is 2.44. The molecular formula is C16H20N+. The highest BCUT2D eigenvalue weighted by Gasteiger charge is 2.13. The first-order chi connectivity index (χ1) is 11.3. The van der Waals surface area contributed by atoms with E-state index in [0.29, 0.717) is 16.8 Å². The zero-order chi connectivity index (χ0) is 19.3. The minimum atomic E-state index is -2.48. The van der Waals surface area contributed by atoms with Crippen molar-refractivity contribution >= 4 is 0 Å².